The van der Waals surface area contributed by atoms with Crippen LogP contribution in [0.25, 0.3) is 0 Å². The number of halogens is 2. The highest BCUT2D eigenvalue weighted by atomic mass is 35.5. The maximum atomic E-state index is 5.97. The van der Waals surface area contributed by atoms with Gasteiger partial charge in [0, 0.05) is 31.2 Å². The van der Waals surface area contributed by atoms with Gasteiger partial charge in [-0.3, -0.25) is 4.90 Å². The van der Waals surface area contributed by atoms with Gasteiger partial charge in [-0.1, -0.05) is 23.7 Å². The highest BCUT2D eigenvalue weighted by molar-refractivity contribution is 6.30. The van der Waals surface area contributed by atoms with Crippen molar-refractivity contribution in [1.29, 1.82) is 0 Å². The van der Waals surface area contributed by atoms with Crippen LogP contribution in [0.15, 0.2) is 24.3 Å². The summed E-state index contributed by atoms with van der Waals surface area (Å²) in [6.45, 7) is 9.66. The first-order valence-corrected chi connectivity index (χ1v) is 9.07. The zero-order chi connectivity index (χ0) is 15.2. The third-order valence-corrected chi connectivity index (χ3v) is 5.23. The minimum Gasteiger partial charge on any atom is -0.317 e. The summed E-state index contributed by atoms with van der Waals surface area (Å²) in [6, 6.07) is 8.30. The summed E-state index contributed by atoms with van der Waals surface area (Å²) in [7, 11) is 0. The maximum absolute atomic E-state index is 5.97. The Balaban J connectivity index is 0.00000192. The first-order chi connectivity index (χ1) is 10.8. The molecule has 0 spiro atoms. The Labute approximate surface area is 151 Å². The Morgan fingerprint density at radius 2 is 1.61 bits per heavy atom. The minimum absolute atomic E-state index is 0. The van der Waals surface area contributed by atoms with Crippen LogP contribution in [0.4, 0.5) is 0 Å². The van der Waals surface area contributed by atoms with Gasteiger partial charge in [0.2, 0.25) is 0 Å². The van der Waals surface area contributed by atoms with Crippen molar-refractivity contribution in [3.05, 3.63) is 34.9 Å². The number of piperidine rings is 1. The van der Waals surface area contributed by atoms with E-state index >= 15 is 0 Å². The van der Waals surface area contributed by atoms with Gasteiger partial charge in [0.1, 0.15) is 0 Å². The third-order valence-electron chi connectivity index (χ3n) is 4.98. The van der Waals surface area contributed by atoms with E-state index in [1.807, 2.05) is 12.1 Å². The molecule has 2 fully saturated rings. The zero-order valence-electron chi connectivity index (χ0n) is 13.8. The lowest BCUT2D eigenvalue weighted by atomic mass is 9.97. The Kier molecular flexibility index (Phi) is 8.14. The van der Waals surface area contributed by atoms with Gasteiger partial charge in [0.25, 0.3) is 0 Å². The summed E-state index contributed by atoms with van der Waals surface area (Å²) in [6.07, 6.45) is 3.99. The smallest absolute Gasteiger partial charge is 0.0406 e. The molecule has 0 unspecified atom stereocenters. The zero-order valence-corrected chi connectivity index (χ0v) is 15.4. The fraction of sp³-hybridized carbons (Fsp3) is 0.667. The molecule has 5 heteroatoms. The Hall–Kier alpha value is -0.320. The number of nitrogens with one attached hydrogen (secondary N) is 1. The molecule has 3 rings (SSSR count). The molecule has 0 amide bonds. The summed E-state index contributed by atoms with van der Waals surface area (Å²) >= 11 is 5.97. The van der Waals surface area contributed by atoms with Gasteiger partial charge in [0.15, 0.2) is 0 Å². The molecule has 1 N–H and O–H groups in total. The molecule has 0 aromatic heterocycles. The average molecular weight is 358 g/mol. The molecule has 0 bridgehead atoms. The van der Waals surface area contributed by atoms with E-state index in [1.165, 1.54) is 70.6 Å². The van der Waals surface area contributed by atoms with Crippen molar-refractivity contribution in [2.24, 2.45) is 5.92 Å². The largest absolute Gasteiger partial charge is 0.317 e. The Morgan fingerprint density at radius 3 is 2.35 bits per heavy atom. The van der Waals surface area contributed by atoms with E-state index in [9.17, 15) is 0 Å². The number of hydrogen-bond donors (Lipinski definition) is 1. The molecule has 0 radical (unpaired) electrons. The maximum Gasteiger partial charge on any atom is 0.0406 e. The van der Waals surface area contributed by atoms with E-state index < -0.39 is 0 Å². The van der Waals surface area contributed by atoms with Gasteiger partial charge < -0.3 is 10.2 Å². The molecule has 1 aromatic rings. The van der Waals surface area contributed by atoms with E-state index in [0.717, 1.165) is 17.5 Å². The second kappa shape index (κ2) is 9.85. The molecule has 0 atom stereocenters. The summed E-state index contributed by atoms with van der Waals surface area (Å²) < 4.78 is 0. The number of hydrogen-bond acceptors (Lipinski definition) is 3. The van der Waals surface area contributed by atoms with Crippen molar-refractivity contribution >= 4 is 24.0 Å². The second-order valence-electron chi connectivity index (χ2n) is 6.75. The van der Waals surface area contributed by atoms with Crippen LogP contribution < -0.4 is 5.32 Å². The monoisotopic (exact) mass is 357 g/mol. The Bertz CT molecular complexity index is 446. The SMILES string of the molecule is Cl.Clc1ccc(CN2CCCN(CC3CCNCC3)CC2)cc1. The van der Waals surface area contributed by atoms with E-state index in [-0.39, 0.29) is 12.4 Å². The first-order valence-electron chi connectivity index (χ1n) is 8.69. The number of nitrogens with zero attached hydrogens (tertiary/aromatic N) is 2. The van der Waals surface area contributed by atoms with Gasteiger partial charge in [-0.05, 0) is 69.1 Å². The molecule has 130 valence electrons. The van der Waals surface area contributed by atoms with Gasteiger partial charge >= 0.3 is 0 Å². The quantitative estimate of drug-likeness (QED) is 0.891. The molecule has 2 saturated heterocycles. The summed E-state index contributed by atoms with van der Waals surface area (Å²) in [5, 5.41) is 4.29. The fourth-order valence-electron chi connectivity index (χ4n) is 3.64. The molecular formula is C18H29Cl2N3. The highest BCUT2D eigenvalue weighted by Gasteiger charge is 2.20. The normalized spacial score (nSPS) is 21.6. The predicted molar refractivity (Wildman–Crippen MR) is 101 cm³/mol. The van der Waals surface area contributed by atoms with Gasteiger partial charge in [0.05, 0.1) is 0 Å². The molecule has 0 saturated carbocycles. The van der Waals surface area contributed by atoms with Crippen LogP contribution in [-0.2, 0) is 6.54 Å². The third kappa shape index (κ3) is 6.24. The first kappa shape index (κ1) is 19.0. The molecular weight excluding hydrogens is 329 g/mol. The highest BCUT2D eigenvalue weighted by Crippen LogP contribution is 2.16. The molecule has 0 aliphatic carbocycles. The minimum atomic E-state index is 0. The van der Waals surface area contributed by atoms with Crippen LogP contribution >= 0.6 is 24.0 Å². The van der Waals surface area contributed by atoms with E-state index in [0.29, 0.717) is 0 Å². The lowest BCUT2D eigenvalue weighted by molar-refractivity contribution is 0.204. The fourth-order valence-corrected chi connectivity index (χ4v) is 3.77. The van der Waals surface area contributed by atoms with Crippen molar-refractivity contribution in [2.45, 2.75) is 25.8 Å². The number of benzene rings is 1. The van der Waals surface area contributed by atoms with Crippen LogP contribution in [0.5, 0.6) is 0 Å². The van der Waals surface area contributed by atoms with Crippen LogP contribution in [-0.4, -0.2) is 55.6 Å². The van der Waals surface area contributed by atoms with Crippen molar-refractivity contribution in [3.63, 3.8) is 0 Å². The van der Waals surface area contributed by atoms with Crippen molar-refractivity contribution < 1.29 is 0 Å². The average Bonchev–Trinajstić information content (AvgIpc) is 2.76. The molecule has 23 heavy (non-hydrogen) atoms. The van der Waals surface area contributed by atoms with Crippen LogP contribution in [0.2, 0.25) is 5.02 Å². The van der Waals surface area contributed by atoms with Gasteiger partial charge in [-0.2, -0.15) is 0 Å². The second-order valence-corrected chi connectivity index (χ2v) is 7.19. The van der Waals surface area contributed by atoms with Crippen molar-refractivity contribution in [3.8, 4) is 0 Å². The summed E-state index contributed by atoms with van der Waals surface area (Å²) in [4.78, 5) is 5.28. The van der Waals surface area contributed by atoms with E-state index in [1.54, 1.807) is 0 Å². The van der Waals surface area contributed by atoms with Crippen LogP contribution in [0.3, 0.4) is 0 Å². The van der Waals surface area contributed by atoms with Crippen molar-refractivity contribution in [1.82, 2.24) is 15.1 Å². The summed E-state index contributed by atoms with van der Waals surface area (Å²) in [5.74, 6) is 0.907. The van der Waals surface area contributed by atoms with E-state index in [4.69, 9.17) is 11.6 Å². The van der Waals surface area contributed by atoms with Crippen LogP contribution in [0, 0.1) is 5.92 Å². The van der Waals surface area contributed by atoms with Gasteiger partial charge in [-0.15, -0.1) is 12.4 Å². The van der Waals surface area contributed by atoms with E-state index in [2.05, 4.69) is 27.2 Å². The molecule has 3 nitrogen and oxygen atoms in total. The van der Waals surface area contributed by atoms with Crippen LogP contribution in [0.1, 0.15) is 24.8 Å². The standard InChI is InChI=1S/C18H28ClN3.ClH/c19-18-4-2-16(3-5-18)14-21-10-1-11-22(13-12-21)15-17-6-8-20-9-7-17;/h2-5,17,20H,1,6-15H2;1H. The Morgan fingerprint density at radius 1 is 0.957 bits per heavy atom. The molecule has 2 aliphatic heterocycles. The predicted octanol–water partition coefficient (Wildman–Crippen LogP) is 3.27. The lowest BCUT2D eigenvalue weighted by Crippen LogP contribution is -2.38. The molecule has 1 aromatic carbocycles. The lowest BCUT2D eigenvalue weighted by Gasteiger charge is -2.29. The number of rotatable bonds is 4. The summed E-state index contributed by atoms with van der Waals surface area (Å²) in [5.41, 5.74) is 1.37. The molecule has 2 aliphatic rings. The van der Waals surface area contributed by atoms with Crippen molar-refractivity contribution in [2.75, 3.05) is 45.8 Å². The van der Waals surface area contributed by atoms with Gasteiger partial charge in [-0.25, -0.2) is 0 Å². The topological polar surface area (TPSA) is 18.5 Å². The molecule has 2 heterocycles.